The van der Waals surface area contributed by atoms with Crippen molar-refractivity contribution in [2.75, 3.05) is 0 Å². The van der Waals surface area contributed by atoms with Crippen LogP contribution in [0.2, 0.25) is 0 Å². The minimum atomic E-state index is -0.470. The Kier molecular flexibility index (Phi) is 4.04. The van der Waals surface area contributed by atoms with E-state index in [1.54, 1.807) is 28.5 Å². The van der Waals surface area contributed by atoms with Gasteiger partial charge >= 0.3 is 5.69 Å². The molecular weight excluding hydrogens is 354 g/mol. The van der Waals surface area contributed by atoms with Gasteiger partial charge in [-0.3, -0.25) is 19.2 Å². The lowest BCUT2D eigenvalue weighted by atomic mass is 10.2. The summed E-state index contributed by atoms with van der Waals surface area (Å²) in [5.41, 5.74) is 2.03. The van der Waals surface area contributed by atoms with E-state index in [9.17, 15) is 20.0 Å². The normalized spacial score (nSPS) is 15.8. The number of nitrogens with zero attached hydrogens (tertiary/aromatic N) is 3. The van der Waals surface area contributed by atoms with Crippen molar-refractivity contribution in [1.29, 1.82) is 0 Å². The number of imidazole rings is 1. The molecule has 3 aromatic rings. The highest BCUT2D eigenvalue weighted by Gasteiger charge is 2.32. The molecule has 1 atom stereocenters. The molecule has 132 valence electrons. The molecule has 0 bridgehead atoms. The molecule has 0 aliphatic carbocycles. The van der Waals surface area contributed by atoms with Crippen LogP contribution in [0.1, 0.15) is 22.2 Å². The lowest BCUT2D eigenvalue weighted by Crippen LogP contribution is -2.26. The fourth-order valence-corrected chi connectivity index (χ4v) is 4.42. The van der Waals surface area contributed by atoms with Gasteiger partial charge in [0.25, 0.3) is 5.69 Å². The molecule has 0 spiro atoms. The second kappa shape index (κ2) is 6.38. The van der Waals surface area contributed by atoms with Gasteiger partial charge in [-0.2, -0.15) is 0 Å². The van der Waals surface area contributed by atoms with Crippen LogP contribution >= 0.6 is 11.8 Å². The fraction of sp³-hybridized carbons (Fsp3) is 0.167. The van der Waals surface area contributed by atoms with E-state index in [1.807, 2.05) is 30.3 Å². The smallest absolute Gasteiger partial charge is 0.332 e. The van der Waals surface area contributed by atoms with Gasteiger partial charge in [-0.05, 0) is 11.1 Å². The maximum atomic E-state index is 12.9. The zero-order chi connectivity index (χ0) is 18.3. The van der Waals surface area contributed by atoms with E-state index in [4.69, 9.17) is 0 Å². The van der Waals surface area contributed by atoms with Gasteiger partial charge in [0.05, 0.1) is 17.2 Å². The van der Waals surface area contributed by atoms with Crippen LogP contribution in [-0.4, -0.2) is 19.2 Å². The van der Waals surface area contributed by atoms with Crippen LogP contribution in [0.15, 0.2) is 59.4 Å². The Hall–Kier alpha value is -3.00. The van der Waals surface area contributed by atoms with Crippen molar-refractivity contribution in [2.45, 2.75) is 17.7 Å². The van der Waals surface area contributed by atoms with Crippen molar-refractivity contribution in [3.05, 3.63) is 92.0 Å². The molecule has 1 N–H and O–H groups in total. The molecule has 4 rings (SSSR count). The van der Waals surface area contributed by atoms with Gasteiger partial charge in [0.1, 0.15) is 5.37 Å². The molecule has 1 aromatic heterocycles. The van der Waals surface area contributed by atoms with Crippen molar-refractivity contribution in [2.24, 2.45) is 0 Å². The van der Waals surface area contributed by atoms with E-state index in [-0.39, 0.29) is 29.2 Å². The molecule has 1 aliphatic rings. The standard InChI is InChI=1S/C18H15N3O4S/c22-16-15-11-26-17(13-4-2-1-3-5-13)20(15)18(23)19(16)10-12-6-8-14(9-7-12)21(24)25/h1-9,17,22H,10-11H2. The second-order valence-electron chi connectivity index (χ2n) is 6.01. The molecule has 0 saturated heterocycles. The van der Waals surface area contributed by atoms with E-state index >= 15 is 0 Å². The minimum Gasteiger partial charge on any atom is -0.493 e. The van der Waals surface area contributed by atoms with Crippen LogP contribution in [0.5, 0.6) is 5.88 Å². The molecule has 26 heavy (non-hydrogen) atoms. The number of nitro groups is 1. The van der Waals surface area contributed by atoms with Gasteiger partial charge in [-0.1, -0.05) is 42.5 Å². The Morgan fingerprint density at radius 1 is 1.15 bits per heavy atom. The summed E-state index contributed by atoms with van der Waals surface area (Å²) in [6.07, 6.45) is 0. The van der Waals surface area contributed by atoms with Crippen LogP contribution in [0, 0.1) is 10.1 Å². The maximum Gasteiger partial charge on any atom is 0.332 e. The summed E-state index contributed by atoms with van der Waals surface area (Å²) in [6.45, 7) is 0.162. The van der Waals surface area contributed by atoms with Crippen LogP contribution in [0.25, 0.3) is 0 Å². The van der Waals surface area contributed by atoms with Gasteiger partial charge in [0, 0.05) is 17.9 Å². The first-order chi connectivity index (χ1) is 12.6. The number of hydrogen-bond donors (Lipinski definition) is 1. The molecular formula is C18H15N3O4S. The summed E-state index contributed by atoms with van der Waals surface area (Å²) in [7, 11) is 0. The molecule has 2 heterocycles. The van der Waals surface area contributed by atoms with E-state index in [0.29, 0.717) is 17.0 Å². The predicted molar refractivity (Wildman–Crippen MR) is 98.4 cm³/mol. The summed E-state index contributed by atoms with van der Waals surface area (Å²) in [5.74, 6) is 0.507. The Morgan fingerprint density at radius 3 is 2.50 bits per heavy atom. The van der Waals surface area contributed by atoms with Crippen molar-refractivity contribution < 1.29 is 10.0 Å². The third-order valence-electron chi connectivity index (χ3n) is 4.43. The summed E-state index contributed by atoms with van der Waals surface area (Å²) in [5, 5.41) is 21.1. The predicted octanol–water partition coefficient (Wildman–Crippen LogP) is 3.11. The zero-order valence-electron chi connectivity index (χ0n) is 13.6. The molecule has 0 saturated carbocycles. The molecule has 0 amide bonds. The minimum absolute atomic E-state index is 0.00904. The van der Waals surface area contributed by atoms with Crippen LogP contribution < -0.4 is 5.69 Å². The van der Waals surface area contributed by atoms with Gasteiger partial charge in [-0.25, -0.2) is 4.79 Å². The number of aromatic hydroxyl groups is 1. The lowest BCUT2D eigenvalue weighted by Gasteiger charge is -2.11. The number of nitro benzene ring substituents is 1. The average molecular weight is 369 g/mol. The highest BCUT2D eigenvalue weighted by Crippen LogP contribution is 2.42. The summed E-state index contributed by atoms with van der Waals surface area (Å²) in [4.78, 5) is 23.2. The zero-order valence-corrected chi connectivity index (χ0v) is 14.4. The second-order valence-corrected chi connectivity index (χ2v) is 7.08. The number of benzene rings is 2. The highest BCUT2D eigenvalue weighted by molar-refractivity contribution is 7.99. The Balaban J connectivity index is 1.69. The highest BCUT2D eigenvalue weighted by atomic mass is 32.2. The first kappa shape index (κ1) is 16.5. The Labute approximate surface area is 152 Å². The van der Waals surface area contributed by atoms with Crippen LogP contribution in [-0.2, 0) is 12.3 Å². The van der Waals surface area contributed by atoms with Crippen LogP contribution in [0.3, 0.4) is 0 Å². The molecule has 8 heteroatoms. The lowest BCUT2D eigenvalue weighted by molar-refractivity contribution is -0.384. The van der Waals surface area contributed by atoms with Gasteiger partial charge < -0.3 is 5.11 Å². The summed E-state index contributed by atoms with van der Waals surface area (Å²) in [6, 6.07) is 15.7. The summed E-state index contributed by atoms with van der Waals surface area (Å²) >= 11 is 1.59. The number of non-ortho nitro benzene ring substituents is 1. The first-order valence-electron chi connectivity index (χ1n) is 7.99. The number of aromatic nitrogens is 2. The Morgan fingerprint density at radius 2 is 1.85 bits per heavy atom. The fourth-order valence-electron chi connectivity index (χ4n) is 3.12. The molecule has 7 nitrogen and oxygen atoms in total. The maximum absolute atomic E-state index is 12.9. The van der Waals surface area contributed by atoms with Crippen molar-refractivity contribution >= 4 is 17.4 Å². The monoisotopic (exact) mass is 369 g/mol. The van der Waals surface area contributed by atoms with E-state index < -0.39 is 4.92 Å². The van der Waals surface area contributed by atoms with Gasteiger partial charge in [0.2, 0.25) is 5.88 Å². The molecule has 0 radical (unpaired) electrons. The number of rotatable bonds is 4. The number of hydrogen-bond acceptors (Lipinski definition) is 5. The van der Waals surface area contributed by atoms with Crippen molar-refractivity contribution in [3.63, 3.8) is 0 Å². The van der Waals surface area contributed by atoms with E-state index in [2.05, 4.69) is 0 Å². The average Bonchev–Trinajstić information content (AvgIpc) is 3.19. The Bertz CT molecular complexity index is 1030. The molecule has 1 aliphatic heterocycles. The van der Waals surface area contributed by atoms with E-state index in [1.165, 1.54) is 16.7 Å². The van der Waals surface area contributed by atoms with E-state index in [0.717, 1.165) is 5.56 Å². The summed E-state index contributed by atoms with van der Waals surface area (Å²) < 4.78 is 2.94. The number of thioether (sulfide) groups is 1. The van der Waals surface area contributed by atoms with Gasteiger partial charge in [-0.15, -0.1) is 11.8 Å². The third-order valence-corrected chi connectivity index (χ3v) is 5.67. The topological polar surface area (TPSA) is 90.3 Å². The SMILES string of the molecule is O=c1n(Cc2ccc([N+](=O)[O-])cc2)c(O)c2n1C(c1ccccc1)SC2. The number of fused-ring (bicyclic) bond motifs is 1. The first-order valence-corrected chi connectivity index (χ1v) is 9.04. The largest absolute Gasteiger partial charge is 0.493 e. The van der Waals surface area contributed by atoms with Crippen molar-refractivity contribution in [1.82, 2.24) is 9.13 Å². The third kappa shape index (κ3) is 2.68. The van der Waals surface area contributed by atoms with Gasteiger partial charge in [0.15, 0.2) is 0 Å². The molecule has 0 fully saturated rings. The quantitative estimate of drug-likeness (QED) is 0.564. The molecule has 2 aromatic carbocycles. The van der Waals surface area contributed by atoms with Crippen LogP contribution in [0.4, 0.5) is 5.69 Å². The van der Waals surface area contributed by atoms with Crippen molar-refractivity contribution in [3.8, 4) is 5.88 Å². The molecule has 1 unspecified atom stereocenters.